The van der Waals surface area contributed by atoms with Gasteiger partial charge in [-0.15, -0.1) is 11.3 Å². The molecule has 2 aromatic carbocycles. The van der Waals surface area contributed by atoms with Gasteiger partial charge in [-0.25, -0.2) is 4.98 Å². The molecule has 154 valence electrons. The van der Waals surface area contributed by atoms with Gasteiger partial charge in [0.1, 0.15) is 10.8 Å². The molecule has 0 amide bonds. The topological polar surface area (TPSA) is 83.2 Å². The summed E-state index contributed by atoms with van der Waals surface area (Å²) in [7, 11) is 0. The highest BCUT2D eigenvalue weighted by atomic mass is 32.1. The molecule has 0 unspecified atom stereocenters. The summed E-state index contributed by atoms with van der Waals surface area (Å²) in [6.07, 6.45) is 4.43. The summed E-state index contributed by atoms with van der Waals surface area (Å²) in [5.74, 6) is 0.130. The normalized spacial score (nSPS) is 11.8. The van der Waals surface area contributed by atoms with Crippen molar-refractivity contribution in [3.05, 3.63) is 69.7 Å². The second-order valence-electron chi connectivity index (χ2n) is 7.11. The molecule has 0 saturated carbocycles. The summed E-state index contributed by atoms with van der Waals surface area (Å²) in [6.45, 7) is 3.83. The minimum absolute atomic E-state index is 0.635. The number of aromatic nitrogens is 1. The van der Waals surface area contributed by atoms with Crippen LogP contribution in [0.3, 0.4) is 0 Å². The Morgan fingerprint density at radius 1 is 1.20 bits per heavy atom. The van der Waals surface area contributed by atoms with Crippen LogP contribution >= 0.6 is 11.3 Å². The maximum absolute atomic E-state index is 9.00. The van der Waals surface area contributed by atoms with Crippen molar-refractivity contribution in [3.8, 4) is 22.4 Å². The van der Waals surface area contributed by atoms with Gasteiger partial charge >= 0.3 is 0 Å². The smallest absolute Gasteiger partial charge is 0.300 e. The Labute approximate surface area is 180 Å². The third-order valence-corrected chi connectivity index (χ3v) is 5.89. The fourth-order valence-corrected chi connectivity index (χ4v) is 4.34. The monoisotopic (exact) mass is 420 g/mol. The summed E-state index contributed by atoms with van der Waals surface area (Å²) in [5.41, 5.74) is 5.73. The van der Waals surface area contributed by atoms with Crippen LogP contribution in [0.5, 0.6) is 5.75 Å². The molecule has 1 aliphatic carbocycles. The second-order valence-corrected chi connectivity index (χ2v) is 8.32. The maximum atomic E-state index is 9.00. The largest absolute Gasteiger partial charge is 0.493 e. The number of hydrogen-bond donors (Lipinski definition) is 1. The number of nitrogens with zero attached hydrogens (tertiary/aromatic N) is 2. The van der Waals surface area contributed by atoms with Crippen LogP contribution in [0, 0.1) is 18.3 Å². The molecule has 0 aliphatic heterocycles. The lowest BCUT2D eigenvalue weighted by Crippen LogP contribution is -2.03. The Bertz CT molecular complexity index is 1060. The summed E-state index contributed by atoms with van der Waals surface area (Å²) >= 11 is 1.69. The summed E-state index contributed by atoms with van der Waals surface area (Å²) in [6, 6.07) is 16.2. The predicted octanol–water partition coefficient (Wildman–Crippen LogP) is 5.19. The molecule has 1 aromatic heterocycles. The van der Waals surface area contributed by atoms with Gasteiger partial charge in [-0.3, -0.25) is 4.79 Å². The first-order valence-corrected chi connectivity index (χ1v) is 10.7. The van der Waals surface area contributed by atoms with E-state index in [4.69, 9.17) is 24.9 Å². The van der Waals surface area contributed by atoms with E-state index in [1.807, 2.05) is 24.3 Å². The average molecular weight is 421 g/mol. The molecular formula is C24H24N2O3S. The summed E-state index contributed by atoms with van der Waals surface area (Å²) in [5, 5.41) is 17.3. The van der Waals surface area contributed by atoms with Gasteiger partial charge < -0.3 is 9.84 Å². The van der Waals surface area contributed by atoms with Crippen molar-refractivity contribution >= 4 is 17.3 Å². The number of benzene rings is 2. The first kappa shape index (κ1) is 21.5. The lowest BCUT2D eigenvalue weighted by atomic mass is 10.1. The van der Waals surface area contributed by atoms with E-state index in [-0.39, 0.29) is 0 Å². The van der Waals surface area contributed by atoms with Crippen LogP contribution < -0.4 is 4.74 Å². The number of nitriles is 1. The molecule has 0 spiro atoms. The first-order valence-electron chi connectivity index (χ1n) is 9.87. The van der Waals surface area contributed by atoms with Crippen LogP contribution in [0.25, 0.3) is 10.6 Å². The van der Waals surface area contributed by atoms with Crippen LogP contribution in [-0.2, 0) is 24.1 Å². The van der Waals surface area contributed by atoms with Crippen molar-refractivity contribution in [1.82, 2.24) is 4.98 Å². The Morgan fingerprint density at radius 3 is 2.60 bits per heavy atom. The first-order chi connectivity index (χ1) is 14.5. The number of fused-ring (bicyclic) bond motifs is 1. The summed E-state index contributed by atoms with van der Waals surface area (Å²) < 4.78 is 5.96. The molecule has 0 fully saturated rings. The fraction of sp³-hybridized carbons (Fsp3) is 0.292. The van der Waals surface area contributed by atoms with Crippen LogP contribution in [0.15, 0.2) is 42.5 Å². The van der Waals surface area contributed by atoms with Crippen molar-refractivity contribution < 1.29 is 14.6 Å². The highest BCUT2D eigenvalue weighted by Gasteiger charge is 2.12. The van der Waals surface area contributed by atoms with Gasteiger partial charge in [0.05, 0.1) is 23.9 Å². The Kier molecular flexibility index (Phi) is 7.21. The standard InChI is InChI=1S/C22H20N2OS.C2H4O2/c1-15-21(24-22(26-15)18-7-5-16(14-23)6-8-18)11-12-25-20-10-9-17-3-2-4-19(17)13-20;1-2(3)4/h5-10,13H,2-4,11-12H2,1H3;1H3,(H,3,4). The van der Waals surface area contributed by atoms with Gasteiger partial charge in [0, 0.05) is 23.8 Å². The number of carboxylic acids is 1. The van der Waals surface area contributed by atoms with E-state index in [0.717, 1.165) is 35.4 Å². The van der Waals surface area contributed by atoms with E-state index >= 15 is 0 Å². The van der Waals surface area contributed by atoms with Crippen molar-refractivity contribution in [1.29, 1.82) is 5.26 Å². The van der Waals surface area contributed by atoms with Gasteiger partial charge in [-0.05, 0) is 61.6 Å². The molecule has 1 heterocycles. The van der Waals surface area contributed by atoms with Gasteiger partial charge in [0.15, 0.2) is 0 Å². The van der Waals surface area contributed by atoms with Gasteiger partial charge in [-0.1, -0.05) is 18.2 Å². The van der Waals surface area contributed by atoms with Crippen LogP contribution in [0.4, 0.5) is 0 Å². The number of ether oxygens (including phenoxy) is 1. The van der Waals surface area contributed by atoms with Crippen molar-refractivity contribution in [2.24, 2.45) is 0 Å². The van der Waals surface area contributed by atoms with E-state index in [1.165, 1.54) is 35.3 Å². The SMILES string of the molecule is CC(=O)O.Cc1sc(-c2ccc(C#N)cc2)nc1CCOc1ccc2c(c1)CCC2. The van der Waals surface area contributed by atoms with E-state index in [0.29, 0.717) is 12.2 Å². The van der Waals surface area contributed by atoms with Crippen molar-refractivity contribution in [3.63, 3.8) is 0 Å². The van der Waals surface area contributed by atoms with E-state index < -0.39 is 5.97 Å². The lowest BCUT2D eigenvalue weighted by Gasteiger charge is -2.07. The minimum Gasteiger partial charge on any atom is -0.493 e. The Balaban J connectivity index is 0.000000589. The fourth-order valence-electron chi connectivity index (χ4n) is 3.37. The predicted molar refractivity (Wildman–Crippen MR) is 118 cm³/mol. The number of carbonyl (C=O) groups is 1. The Morgan fingerprint density at radius 2 is 1.90 bits per heavy atom. The van der Waals surface area contributed by atoms with E-state index in [1.54, 1.807) is 11.3 Å². The van der Waals surface area contributed by atoms with Crippen molar-refractivity contribution in [2.75, 3.05) is 6.61 Å². The molecule has 0 bridgehead atoms. The number of aliphatic carboxylic acids is 1. The van der Waals surface area contributed by atoms with E-state index in [9.17, 15) is 0 Å². The number of carboxylic acid groups (broad SMARTS) is 1. The highest BCUT2D eigenvalue weighted by molar-refractivity contribution is 7.15. The minimum atomic E-state index is -0.833. The lowest BCUT2D eigenvalue weighted by molar-refractivity contribution is -0.134. The molecule has 1 N–H and O–H groups in total. The van der Waals surface area contributed by atoms with E-state index in [2.05, 4.69) is 31.2 Å². The zero-order valence-electron chi connectivity index (χ0n) is 17.1. The molecule has 4 rings (SSSR count). The van der Waals surface area contributed by atoms with Gasteiger partial charge in [-0.2, -0.15) is 5.26 Å². The van der Waals surface area contributed by atoms with Gasteiger partial charge in [0.25, 0.3) is 5.97 Å². The number of rotatable bonds is 5. The molecule has 6 heteroatoms. The third-order valence-electron chi connectivity index (χ3n) is 4.83. The van der Waals surface area contributed by atoms with Crippen LogP contribution in [0.2, 0.25) is 0 Å². The quantitative estimate of drug-likeness (QED) is 0.614. The zero-order chi connectivity index (χ0) is 21.5. The van der Waals surface area contributed by atoms with Crippen LogP contribution in [0.1, 0.15) is 40.6 Å². The summed E-state index contributed by atoms with van der Waals surface area (Å²) in [4.78, 5) is 15.0. The maximum Gasteiger partial charge on any atom is 0.300 e. The molecule has 1 aliphatic rings. The molecule has 0 saturated heterocycles. The highest BCUT2D eigenvalue weighted by Crippen LogP contribution is 2.29. The zero-order valence-corrected chi connectivity index (χ0v) is 18.0. The number of aryl methyl sites for hydroxylation is 3. The molecule has 0 atom stereocenters. The number of thiazole rings is 1. The molecule has 30 heavy (non-hydrogen) atoms. The molecule has 0 radical (unpaired) electrons. The third kappa shape index (κ3) is 5.68. The molecular weight excluding hydrogens is 396 g/mol. The second kappa shape index (κ2) is 10.0. The van der Waals surface area contributed by atoms with Crippen LogP contribution in [-0.4, -0.2) is 22.7 Å². The van der Waals surface area contributed by atoms with Gasteiger partial charge in [0.2, 0.25) is 0 Å². The Hall–Kier alpha value is -3.17. The molecule has 5 nitrogen and oxygen atoms in total. The average Bonchev–Trinajstić information content (AvgIpc) is 3.34. The number of hydrogen-bond acceptors (Lipinski definition) is 5. The molecule has 3 aromatic rings. The van der Waals surface area contributed by atoms with Crippen molar-refractivity contribution in [2.45, 2.75) is 39.5 Å².